The van der Waals surface area contributed by atoms with E-state index in [1.807, 2.05) is 19.1 Å². The molecular formula is C31H29N2O+. The van der Waals surface area contributed by atoms with Crippen LogP contribution < -0.4 is 4.57 Å². The summed E-state index contributed by atoms with van der Waals surface area (Å²) in [5.74, 6) is 0. The molecular weight excluding hydrogens is 416 g/mol. The molecule has 0 saturated heterocycles. The van der Waals surface area contributed by atoms with Crippen LogP contribution in [0.5, 0.6) is 0 Å². The number of hydrogen-bond acceptors (Lipinski definition) is 1. The standard InChI is InChI=1S/C31H29N2O/c1-20-12-14-23-24-15-16-25(32-5)28(22-10-8-7-9-11-22)30(24)34-29(23)27(20)26-17-13-21(19-33(26)6)18-31(2,3)4/h7-17,19H,18H2,1-4,6H3/q+1/i7D,8D,9D,10D,11D,13D,18D2. The Kier molecular flexibility index (Phi) is 3.45. The smallest absolute Gasteiger partial charge is 0.216 e. The highest BCUT2D eigenvalue weighted by Crippen LogP contribution is 2.44. The largest absolute Gasteiger partial charge is 0.456 e. The minimum absolute atomic E-state index is 0.0469. The lowest BCUT2D eigenvalue weighted by Gasteiger charge is -2.17. The lowest BCUT2D eigenvalue weighted by Crippen LogP contribution is -2.32. The lowest BCUT2D eigenvalue weighted by molar-refractivity contribution is -0.660. The molecule has 0 unspecified atom stereocenters. The zero-order valence-corrected chi connectivity index (χ0v) is 19.8. The van der Waals surface area contributed by atoms with Gasteiger partial charge in [0.15, 0.2) is 11.9 Å². The average Bonchev–Trinajstić information content (AvgIpc) is 3.30. The van der Waals surface area contributed by atoms with Gasteiger partial charge in [0.1, 0.15) is 18.2 Å². The van der Waals surface area contributed by atoms with Gasteiger partial charge in [0.2, 0.25) is 5.69 Å². The van der Waals surface area contributed by atoms with Crippen LogP contribution >= 0.6 is 0 Å². The van der Waals surface area contributed by atoms with E-state index in [0.717, 1.165) is 5.56 Å². The van der Waals surface area contributed by atoms with E-state index in [-0.39, 0.29) is 34.0 Å². The number of nitrogens with zero attached hydrogens (tertiary/aromatic N) is 2. The van der Waals surface area contributed by atoms with E-state index in [2.05, 4.69) is 4.85 Å². The van der Waals surface area contributed by atoms with Gasteiger partial charge in [-0.15, -0.1) is 0 Å². The Labute approximate surface area is 212 Å². The topological polar surface area (TPSA) is 21.4 Å². The molecule has 0 atom stereocenters. The predicted molar refractivity (Wildman–Crippen MR) is 140 cm³/mol. The fourth-order valence-electron chi connectivity index (χ4n) is 4.29. The van der Waals surface area contributed by atoms with E-state index in [1.165, 1.54) is 0 Å². The number of aromatic nitrogens is 1. The van der Waals surface area contributed by atoms with Crippen molar-refractivity contribution in [3.8, 4) is 22.4 Å². The summed E-state index contributed by atoms with van der Waals surface area (Å²) in [7, 11) is 1.78. The second-order valence-corrected chi connectivity index (χ2v) is 9.39. The first-order valence-corrected chi connectivity index (χ1v) is 11.0. The van der Waals surface area contributed by atoms with Gasteiger partial charge in [0.25, 0.3) is 0 Å². The second-order valence-electron chi connectivity index (χ2n) is 9.39. The highest BCUT2D eigenvalue weighted by Gasteiger charge is 2.24. The number of rotatable bonds is 3. The Balaban J connectivity index is 1.88. The summed E-state index contributed by atoms with van der Waals surface area (Å²) in [6.45, 7) is 15.1. The van der Waals surface area contributed by atoms with E-state index >= 15 is 0 Å². The minimum Gasteiger partial charge on any atom is -0.456 e. The summed E-state index contributed by atoms with van der Waals surface area (Å²) in [6, 6.07) is 6.35. The molecule has 0 amide bonds. The lowest BCUT2D eigenvalue weighted by atomic mass is 9.88. The first-order chi connectivity index (χ1) is 19.5. The van der Waals surface area contributed by atoms with E-state index in [4.69, 9.17) is 22.0 Å². The van der Waals surface area contributed by atoms with Crippen molar-refractivity contribution < 1.29 is 20.0 Å². The molecule has 0 spiro atoms. The molecule has 0 aliphatic rings. The van der Waals surface area contributed by atoms with Gasteiger partial charge in [-0.1, -0.05) is 75.2 Å². The zero-order chi connectivity index (χ0) is 31.0. The summed E-state index contributed by atoms with van der Waals surface area (Å²) in [5.41, 5.74) is 2.41. The average molecular weight is 454 g/mol. The molecule has 0 radical (unpaired) electrons. The fraction of sp³-hybridized carbons (Fsp3) is 0.226. The van der Waals surface area contributed by atoms with E-state index in [0.29, 0.717) is 27.6 Å². The first-order valence-electron chi connectivity index (χ1n) is 15.0. The molecule has 3 nitrogen and oxygen atoms in total. The Morgan fingerprint density at radius 1 is 0.971 bits per heavy atom. The minimum atomic E-state index is -1.77. The van der Waals surface area contributed by atoms with Gasteiger partial charge in [-0.05, 0) is 35.9 Å². The normalized spacial score (nSPS) is 15.5. The van der Waals surface area contributed by atoms with Gasteiger partial charge in [0.05, 0.1) is 20.4 Å². The molecule has 0 bridgehead atoms. The number of furan rings is 1. The van der Waals surface area contributed by atoms with Crippen molar-refractivity contribution >= 4 is 27.6 Å². The van der Waals surface area contributed by atoms with Crippen molar-refractivity contribution in [2.75, 3.05) is 0 Å². The molecule has 2 heterocycles. The van der Waals surface area contributed by atoms with Crippen LogP contribution in [0.2, 0.25) is 0 Å². The molecule has 0 N–H and O–H groups in total. The second kappa shape index (κ2) is 8.15. The van der Waals surface area contributed by atoms with Crippen LogP contribution in [0.25, 0.3) is 49.2 Å². The quantitative estimate of drug-likeness (QED) is 0.199. The number of benzene rings is 3. The Morgan fingerprint density at radius 3 is 2.32 bits per heavy atom. The van der Waals surface area contributed by atoms with Crippen molar-refractivity contribution in [3.05, 3.63) is 95.3 Å². The molecule has 0 aliphatic carbocycles. The van der Waals surface area contributed by atoms with Crippen molar-refractivity contribution in [2.24, 2.45) is 12.5 Å². The van der Waals surface area contributed by atoms with Crippen molar-refractivity contribution in [1.29, 1.82) is 0 Å². The van der Waals surface area contributed by atoms with Crippen LogP contribution in [-0.2, 0) is 13.4 Å². The number of hydrogen-bond donors (Lipinski definition) is 0. The third kappa shape index (κ3) is 3.76. The highest BCUT2D eigenvalue weighted by molar-refractivity contribution is 6.15. The van der Waals surface area contributed by atoms with E-state index in [1.54, 1.807) is 56.8 Å². The molecule has 5 aromatic rings. The SMILES string of the molecule is [2H]c1cc(-c2c(C)ccc3c2oc2c(-c4c([2H])c([2H])c([2H])c([2H])c4[2H])c([N+]#[C-])ccc23)[n+](C)cc1C([2H])([2H])C(C)(C)C. The summed E-state index contributed by atoms with van der Waals surface area (Å²) in [4.78, 5) is 3.60. The van der Waals surface area contributed by atoms with Crippen molar-refractivity contribution in [2.45, 2.75) is 34.1 Å². The van der Waals surface area contributed by atoms with Gasteiger partial charge in [-0.2, -0.15) is 0 Å². The van der Waals surface area contributed by atoms with Crippen LogP contribution in [-0.4, -0.2) is 0 Å². The Hall–Kier alpha value is -3.90. The maximum atomic E-state index is 8.77. The summed E-state index contributed by atoms with van der Waals surface area (Å²) >= 11 is 0. The summed E-state index contributed by atoms with van der Waals surface area (Å²) < 4.78 is 76.0. The van der Waals surface area contributed by atoms with E-state index < -0.39 is 42.0 Å². The molecule has 3 aromatic carbocycles. The van der Waals surface area contributed by atoms with Crippen LogP contribution in [0, 0.1) is 18.9 Å². The van der Waals surface area contributed by atoms with Gasteiger partial charge < -0.3 is 4.42 Å². The Bertz CT molecular complexity index is 1970. The van der Waals surface area contributed by atoms with Crippen LogP contribution in [0.1, 0.15) is 42.9 Å². The van der Waals surface area contributed by atoms with Gasteiger partial charge in [-0.25, -0.2) is 9.41 Å². The third-order valence-corrected chi connectivity index (χ3v) is 5.70. The highest BCUT2D eigenvalue weighted by atomic mass is 16.3. The first kappa shape index (κ1) is 14.4. The molecule has 3 heteroatoms. The third-order valence-electron chi connectivity index (χ3n) is 5.70. The fourth-order valence-corrected chi connectivity index (χ4v) is 4.29. The molecule has 0 fully saturated rings. The van der Waals surface area contributed by atoms with Gasteiger partial charge >= 0.3 is 0 Å². The number of fused-ring (bicyclic) bond motifs is 3. The number of pyridine rings is 1. The maximum absolute atomic E-state index is 8.77. The monoisotopic (exact) mass is 453 g/mol. The number of aryl methyl sites for hydroxylation is 2. The molecule has 34 heavy (non-hydrogen) atoms. The summed E-state index contributed by atoms with van der Waals surface area (Å²) in [5, 5.41) is 1.30. The maximum Gasteiger partial charge on any atom is 0.216 e. The van der Waals surface area contributed by atoms with Gasteiger partial charge in [-0.3, -0.25) is 0 Å². The predicted octanol–water partition coefficient (Wildman–Crippen LogP) is 8.19. The zero-order valence-electron chi connectivity index (χ0n) is 27.8. The van der Waals surface area contributed by atoms with Gasteiger partial charge in [0, 0.05) is 30.7 Å². The van der Waals surface area contributed by atoms with Crippen LogP contribution in [0.4, 0.5) is 5.69 Å². The molecule has 0 aliphatic heterocycles. The summed E-state index contributed by atoms with van der Waals surface area (Å²) in [6.07, 6.45) is -0.130. The molecule has 168 valence electrons. The molecule has 0 saturated carbocycles. The van der Waals surface area contributed by atoms with Crippen LogP contribution in [0.15, 0.2) is 77.2 Å². The molecule has 2 aromatic heterocycles. The van der Waals surface area contributed by atoms with E-state index in [9.17, 15) is 0 Å². The van der Waals surface area contributed by atoms with Crippen molar-refractivity contribution in [1.82, 2.24) is 0 Å². The Morgan fingerprint density at radius 2 is 1.65 bits per heavy atom. The van der Waals surface area contributed by atoms with Crippen LogP contribution in [0.3, 0.4) is 0 Å². The molecule has 5 rings (SSSR count). The van der Waals surface area contributed by atoms with Crippen molar-refractivity contribution in [3.63, 3.8) is 0 Å².